The second kappa shape index (κ2) is 9.66. The largest absolute Gasteiger partial charge is 0.497 e. The van der Waals surface area contributed by atoms with E-state index < -0.39 is 11.9 Å². The molecule has 126 valence electrons. The highest BCUT2D eigenvalue weighted by atomic mass is 16.5. The van der Waals surface area contributed by atoms with Crippen LogP contribution < -0.4 is 4.74 Å². The summed E-state index contributed by atoms with van der Waals surface area (Å²) in [5, 5.41) is 0. The Morgan fingerprint density at radius 1 is 1.26 bits per heavy atom. The minimum atomic E-state index is -0.443. The number of hydrogen-bond acceptors (Lipinski definition) is 5. The van der Waals surface area contributed by atoms with Crippen molar-refractivity contribution in [3.8, 4) is 5.75 Å². The van der Waals surface area contributed by atoms with Gasteiger partial charge >= 0.3 is 11.9 Å². The number of benzene rings is 1. The highest BCUT2D eigenvalue weighted by Gasteiger charge is 2.14. The maximum Gasteiger partial charge on any atom is 0.338 e. The van der Waals surface area contributed by atoms with E-state index in [9.17, 15) is 9.59 Å². The molecule has 0 bridgehead atoms. The van der Waals surface area contributed by atoms with E-state index >= 15 is 0 Å². The van der Waals surface area contributed by atoms with Gasteiger partial charge in [0.15, 0.2) is 0 Å². The molecule has 0 aliphatic heterocycles. The molecule has 0 spiro atoms. The van der Waals surface area contributed by atoms with Crippen molar-refractivity contribution in [2.45, 2.75) is 39.7 Å². The Hall–Kier alpha value is -2.30. The Labute approximate surface area is 137 Å². The lowest BCUT2D eigenvalue weighted by Crippen LogP contribution is -2.13. The van der Waals surface area contributed by atoms with Gasteiger partial charge in [-0.3, -0.25) is 0 Å². The number of esters is 2. The first-order valence-corrected chi connectivity index (χ1v) is 7.71. The third kappa shape index (κ3) is 6.55. The van der Waals surface area contributed by atoms with Gasteiger partial charge in [-0.15, -0.1) is 0 Å². The first-order valence-electron chi connectivity index (χ1n) is 7.71. The van der Waals surface area contributed by atoms with E-state index in [0.717, 1.165) is 12.8 Å². The number of hydrogen-bond donors (Lipinski definition) is 0. The number of methoxy groups -OCH3 is 1. The number of carbonyl (C=O) groups excluding carboxylic acids is 2. The standard InChI is InChI=1S/C18H24O5/c1-5-6-11-22-17(19)10-7-14-12-15(21-4)8-9-16(14)18(20)23-13(2)3/h7-10,12-13H,5-6,11H2,1-4H3/b10-7+. The fourth-order valence-corrected chi connectivity index (χ4v) is 1.79. The molecule has 0 unspecified atom stereocenters. The number of carbonyl (C=O) groups is 2. The second-order valence-electron chi connectivity index (χ2n) is 5.26. The summed E-state index contributed by atoms with van der Waals surface area (Å²) in [6.45, 7) is 5.97. The summed E-state index contributed by atoms with van der Waals surface area (Å²) >= 11 is 0. The molecule has 0 heterocycles. The molecule has 1 aromatic rings. The molecule has 0 aromatic heterocycles. The molecule has 0 amide bonds. The highest BCUT2D eigenvalue weighted by molar-refractivity contribution is 5.96. The lowest BCUT2D eigenvalue weighted by Gasteiger charge is -2.11. The van der Waals surface area contributed by atoms with Crippen molar-refractivity contribution in [2.75, 3.05) is 13.7 Å². The number of ether oxygens (including phenoxy) is 3. The third-order valence-electron chi connectivity index (χ3n) is 2.96. The summed E-state index contributed by atoms with van der Waals surface area (Å²) in [5.74, 6) is -0.295. The Morgan fingerprint density at radius 3 is 2.61 bits per heavy atom. The molecule has 23 heavy (non-hydrogen) atoms. The Balaban J connectivity index is 2.93. The first kappa shape index (κ1) is 18.7. The Morgan fingerprint density at radius 2 is 2.00 bits per heavy atom. The van der Waals surface area contributed by atoms with Crippen molar-refractivity contribution in [1.82, 2.24) is 0 Å². The molecule has 1 aromatic carbocycles. The van der Waals surface area contributed by atoms with Gasteiger partial charge in [-0.05, 0) is 50.1 Å². The van der Waals surface area contributed by atoms with Gasteiger partial charge in [0.25, 0.3) is 0 Å². The molecule has 0 N–H and O–H groups in total. The van der Waals surface area contributed by atoms with E-state index in [4.69, 9.17) is 14.2 Å². The molecule has 0 saturated carbocycles. The summed E-state index contributed by atoms with van der Waals surface area (Å²) < 4.78 is 15.4. The fourth-order valence-electron chi connectivity index (χ4n) is 1.79. The van der Waals surface area contributed by atoms with Gasteiger partial charge in [0.05, 0.1) is 25.4 Å². The minimum absolute atomic E-state index is 0.222. The zero-order valence-electron chi connectivity index (χ0n) is 14.1. The monoisotopic (exact) mass is 320 g/mol. The van der Waals surface area contributed by atoms with Crippen LogP contribution in [0.25, 0.3) is 6.08 Å². The number of rotatable bonds is 8. The number of unbranched alkanes of at least 4 members (excludes halogenated alkanes) is 1. The van der Waals surface area contributed by atoms with E-state index in [1.54, 1.807) is 32.0 Å². The molecule has 5 heteroatoms. The van der Waals surface area contributed by atoms with Crippen LogP contribution in [0.1, 0.15) is 49.5 Å². The molecular formula is C18H24O5. The Kier molecular flexibility index (Phi) is 7.88. The van der Waals surface area contributed by atoms with Crippen LogP contribution in [0.15, 0.2) is 24.3 Å². The second-order valence-corrected chi connectivity index (χ2v) is 5.26. The van der Waals surface area contributed by atoms with Crippen molar-refractivity contribution in [3.63, 3.8) is 0 Å². The maximum atomic E-state index is 12.1. The van der Waals surface area contributed by atoms with Crippen molar-refractivity contribution in [1.29, 1.82) is 0 Å². The van der Waals surface area contributed by atoms with Gasteiger partial charge in [-0.1, -0.05) is 13.3 Å². The van der Waals surface area contributed by atoms with Crippen LogP contribution >= 0.6 is 0 Å². The van der Waals surface area contributed by atoms with Crippen LogP contribution in [0.3, 0.4) is 0 Å². The van der Waals surface area contributed by atoms with Gasteiger partial charge in [-0.25, -0.2) is 9.59 Å². The van der Waals surface area contributed by atoms with E-state index in [1.807, 2.05) is 6.92 Å². The lowest BCUT2D eigenvalue weighted by atomic mass is 10.1. The van der Waals surface area contributed by atoms with Gasteiger partial charge in [0, 0.05) is 6.08 Å². The highest BCUT2D eigenvalue weighted by Crippen LogP contribution is 2.20. The van der Waals surface area contributed by atoms with Gasteiger partial charge in [0.1, 0.15) is 5.75 Å². The molecule has 0 aliphatic rings. The molecule has 0 saturated heterocycles. The lowest BCUT2D eigenvalue weighted by molar-refractivity contribution is -0.137. The zero-order valence-corrected chi connectivity index (χ0v) is 14.1. The topological polar surface area (TPSA) is 61.8 Å². The van der Waals surface area contributed by atoms with E-state index in [0.29, 0.717) is 23.5 Å². The Bertz CT molecular complexity index is 561. The van der Waals surface area contributed by atoms with E-state index in [-0.39, 0.29) is 6.10 Å². The molecule has 0 aliphatic carbocycles. The van der Waals surface area contributed by atoms with Crippen LogP contribution in [0.2, 0.25) is 0 Å². The predicted octanol–water partition coefficient (Wildman–Crippen LogP) is 3.62. The van der Waals surface area contributed by atoms with Crippen molar-refractivity contribution < 1.29 is 23.8 Å². The summed E-state index contributed by atoms with van der Waals surface area (Å²) in [6.07, 6.45) is 4.40. The predicted molar refractivity (Wildman–Crippen MR) is 88.4 cm³/mol. The first-order chi connectivity index (χ1) is 11.0. The van der Waals surface area contributed by atoms with Crippen LogP contribution in [-0.4, -0.2) is 31.8 Å². The van der Waals surface area contributed by atoms with Crippen molar-refractivity contribution in [3.05, 3.63) is 35.4 Å². The van der Waals surface area contributed by atoms with Crippen molar-refractivity contribution in [2.24, 2.45) is 0 Å². The molecule has 1 rings (SSSR count). The fraction of sp³-hybridized carbons (Fsp3) is 0.444. The van der Waals surface area contributed by atoms with Crippen molar-refractivity contribution >= 4 is 18.0 Å². The van der Waals surface area contributed by atoms with E-state index in [2.05, 4.69) is 0 Å². The quantitative estimate of drug-likeness (QED) is 0.416. The third-order valence-corrected chi connectivity index (χ3v) is 2.96. The summed E-state index contributed by atoms with van der Waals surface area (Å²) in [6, 6.07) is 4.96. The maximum absolute atomic E-state index is 12.1. The molecule has 5 nitrogen and oxygen atoms in total. The summed E-state index contributed by atoms with van der Waals surface area (Å²) in [5.41, 5.74) is 0.916. The van der Waals surface area contributed by atoms with Crippen LogP contribution in [-0.2, 0) is 14.3 Å². The summed E-state index contributed by atoms with van der Waals surface area (Å²) in [7, 11) is 1.54. The normalized spacial score (nSPS) is 10.8. The van der Waals surface area contributed by atoms with Crippen LogP contribution in [0.5, 0.6) is 5.75 Å². The average molecular weight is 320 g/mol. The van der Waals surface area contributed by atoms with Crippen LogP contribution in [0.4, 0.5) is 0 Å². The smallest absolute Gasteiger partial charge is 0.338 e. The molecule has 0 atom stereocenters. The molecule has 0 radical (unpaired) electrons. The SMILES string of the molecule is CCCCOC(=O)/C=C/c1cc(OC)ccc1C(=O)OC(C)C. The van der Waals surface area contributed by atoms with Crippen LogP contribution in [0, 0.1) is 0 Å². The minimum Gasteiger partial charge on any atom is -0.497 e. The van der Waals surface area contributed by atoms with Gasteiger partial charge in [0.2, 0.25) is 0 Å². The van der Waals surface area contributed by atoms with Gasteiger partial charge < -0.3 is 14.2 Å². The van der Waals surface area contributed by atoms with E-state index in [1.165, 1.54) is 19.3 Å². The zero-order chi connectivity index (χ0) is 17.2. The van der Waals surface area contributed by atoms with Gasteiger partial charge in [-0.2, -0.15) is 0 Å². The molecule has 0 fully saturated rings. The summed E-state index contributed by atoms with van der Waals surface area (Å²) in [4.78, 5) is 23.8. The molecular weight excluding hydrogens is 296 g/mol. The average Bonchev–Trinajstić information content (AvgIpc) is 2.52.